The second kappa shape index (κ2) is 12.7. The highest BCUT2D eigenvalue weighted by molar-refractivity contribution is 5.78. The Morgan fingerprint density at radius 2 is 1.82 bits per heavy atom. The predicted molar refractivity (Wildman–Crippen MR) is 155 cm³/mol. The van der Waals surface area contributed by atoms with E-state index in [1.54, 1.807) is 30.5 Å². The van der Waals surface area contributed by atoms with Crippen LogP contribution in [0.5, 0.6) is 0 Å². The Balaban J connectivity index is 1.50. The summed E-state index contributed by atoms with van der Waals surface area (Å²) in [6, 6.07) is 15.4. The minimum atomic E-state index is -0.281. The molecule has 3 heterocycles. The van der Waals surface area contributed by atoms with E-state index in [9.17, 15) is 8.78 Å². The molecule has 0 bridgehead atoms. The first-order chi connectivity index (χ1) is 19.4. The average molecular weight is 546 g/mol. The van der Waals surface area contributed by atoms with Crippen molar-refractivity contribution in [3.8, 4) is 22.6 Å². The summed E-state index contributed by atoms with van der Waals surface area (Å²) < 4.78 is 30.0. The minimum absolute atomic E-state index is 0.173. The van der Waals surface area contributed by atoms with Crippen molar-refractivity contribution in [3.63, 3.8) is 0 Å². The first kappa shape index (κ1) is 27.9. The molecule has 0 spiro atoms. The van der Waals surface area contributed by atoms with Crippen LogP contribution < -0.4 is 5.32 Å². The summed E-state index contributed by atoms with van der Waals surface area (Å²) >= 11 is 0. The van der Waals surface area contributed by atoms with E-state index in [2.05, 4.69) is 31.6 Å². The molecule has 0 fully saturated rings. The number of aryl methyl sites for hydroxylation is 1. The van der Waals surface area contributed by atoms with Crippen molar-refractivity contribution in [3.05, 3.63) is 83.8 Å². The minimum Gasteiger partial charge on any atom is -0.353 e. The van der Waals surface area contributed by atoms with Crippen molar-refractivity contribution < 1.29 is 8.78 Å². The largest absolute Gasteiger partial charge is 0.353 e. The van der Waals surface area contributed by atoms with Crippen LogP contribution in [-0.4, -0.2) is 69.6 Å². The number of hydrogen-bond donors (Lipinski definition) is 1. The van der Waals surface area contributed by atoms with Gasteiger partial charge in [0.1, 0.15) is 17.5 Å². The summed E-state index contributed by atoms with van der Waals surface area (Å²) in [5.41, 5.74) is 4.31. The zero-order valence-corrected chi connectivity index (χ0v) is 23.4. The van der Waals surface area contributed by atoms with Gasteiger partial charge in [0.25, 0.3) is 0 Å². The van der Waals surface area contributed by atoms with Gasteiger partial charge in [0, 0.05) is 50.4 Å². The van der Waals surface area contributed by atoms with Crippen LogP contribution in [0.3, 0.4) is 0 Å². The summed E-state index contributed by atoms with van der Waals surface area (Å²) in [4.78, 5) is 18.9. The standard InChI is InChI=1S/C31H37F2N7/c1-4-17-39(20-22-6-5-7-25(33)19-22)21-26-12-13-28-37-29(23-8-10-24(32)11-9-23)30(40(26)28)27-14-15-34-31(36-27)35-16-18-38(2)3/h5-11,14-15,19,26H,4,12-13,16-18,20-21H2,1-3H3,(H,34,35,36). The summed E-state index contributed by atoms with van der Waals surface area (Å²) in [5, 5.41) is 3.32. The van der Waals surface area contributed by atoms with Crippen LogP contribution in [-0.2, 0) is 13.0 Å². The van der Waals surface area contributed by atoms with Gasteiger partial charge in [-0.25, -0.2) is 23.7 Å². The zero-order chi connectivity index (χ0) is 28.1. The Hall–Kier alpha value is -3.69. The van der Waals surface area contributed by atoms with Gasteiger partial charge in [0.15, 0.2) is 0 Å². The molecule has 2 aromatic carbocycles. The predicted octanol–water partition coefficient (Wildman–Crippen LogP) is 5.66. The Morgan fingerprint density at radius 1 is 1.00 bits per heavy atom. The first-order valence-corrected chi connectivity index (χ1v) is 14.0. The quantitative estimate of drug-likeness (QED) is 0.248. The maximum atomic E-state index is 13.9. The molecule has 210 valence electrons. The van der Waals surface area contributed by atoms with Crippen LogP contribution in [0.1, 0.15) is 37.2 Å². The Bertz CT molecular complexity index is 1420. The first-order valence-electron chi connectivity index (χ1n) is 14.0. The van der Waals surface area contributed by atoms with Crippen molar-refractivity contribution in [2.45, 2.75) is 38.8 Å². The molecule has 9 heteroatoms. The molecular formula is C31H37F2N7. The molecule has 1 atom stereocenters. The second-order valence-electron chi connectivity index (χ2n) is 10.7. The van der Waals surface area contributed by atoms with E-state index in [1.807, 2.05) is 26.2 Å². The molecule has 1 aliphatic rings. The lowest BCUT2D eigenvalue weighted by atomic mass is 10.1. The molecule has 1 N–H and O–H groups in total. The smallest absolute Gasteiger partial charge is 0.223 e. The van der Waals surface area contributed by atoms with Gasteiger partial charge < -0.3 is 14.8 Å². The Morgan fingerprint density at radius 3 is 2.58 bits per heavy atom. The summed E-state index contributed by atoms with van der Waals surface area (Å²) in [6.07, 6.45) is 4.58. The number of anilines is 1. The molecule has 0 aliphatic carbocycles. The van der Waals surface area contributed by atoms with E-state index in [1.165, 1.54) is 18.2 Å². The number of aromatic nitrogens is 4. The lowest BCUT2D eigenvalue weighted by Gasteiger charge is -2.27. The number of hydrogen-bond acceptors (Lipinski definition) is 6. The summed E-state index contributed by atoms with van der Waals surface area (Å²) in [5.74, 6) is 1.07. The lowest BCUT2D eigenvalue weighted by molar-refractivity contribution is 0.227. The fraction of sp³-hybridized carbons (Fsp3) is 0.387. The highest BCUT2D eigenvalue weighted by Crippen LogP contribution is 2.39. The molecule has 40 heavy (non-hydrogen) atoms. The zero-order valence-electron chi connectivity index (χ0n) is 23.4. The van der Waals surface area contributed by atoms with E-state index in [4.69, 9.17) is 9.97 Å². The Labute approximate surface area is 234 Å². The normalized spacial score (nSPS) is 14.7. The number of benzene rings is 2. The van der Waals surface area contributed by atoms with E-state index in [0.717, 1.165) is 79.5 Å². The van der Waals surface area contributed by atoms with Crippen LogP contribution in [0.4, 0.5) is 14.7 Å². The molecular weight excluding hydrogens is 508 g/mol. The molecule has 7 nitrogen and oxygen atoms in total. The topological polar surface area (TPSA) is 62.1 Å². The van der Waals surface area contributed by atoms with E-state index in [-0.39, 0.29) is 17.7 Å². The number of imidazole rings is 1. The molecule has 0 saturated carbocycles. The van der Waals surface area contributed by atoms with Crippen molar-refractivity contribution >= 4 is 5.95 Å². The van der Waals surface area contributed by atoms with Gasteiger partial charge in [-0.1, -0.05) is 19.1 Å². The van der Waals surface area contributed by atoms with E-state index >= 15 is 0 Å². The third kappa shape index (κ3) is 6.54. The summed E-state index contributed by atoms with van der Waals surface area (Å²) in [6.45, 7) is 6.14. The number of likely N-dealkylation sites (N-methyl/N-ethyl adjacent to an activating group) is 1. The Kier molecular flexibility index (Phi) is 8.81. The van der Waals surface area contributed by atoms with Gasteiger partial charge in [0.2, 0.25) is 5.95 Å². The molecule has 2 aromatic heterocycles. The number of fused-ring (bicyclic) bond motifs is 1. The second-order valence-corrected chi connectivity index (χ2v) is 10.7. The van der Waals surface area contributed by atoms with Gasteiger partial charge in [-0.15, -0.1) is 0 Å². The van der Waals surface area contributed by atoms with Crippen molar-refractivity contribution in [2.24, 2.45) is 0 Å². The third-order valence-corrected chi connectivity index (χ3v) is 7.21. The van der Waals surface area contributed by atoms with Gasteiger partial charge in [0.05, 0.1) is 17.1 Å². The number of nitrogens with zero attached hydrogens (tertiary/aromatic N) is 6. The van der Waals surface area contributed by atoms with Crippen LogP contribution in [0.15, 0.2) is 60.8 Å². The molecule has 0 amide bonds. The maximum absolute atomic E-state index is 13.9. The van der Waals surface area contributed by atoms with Gasteiger partial charge in [-0.2, -0.15) is 0 Å². The molecule has 5 rings (SSSR count). The monoisotopic (exact) mass is 545 g/mol. The molecule has 1 unspecified atom stereocenters. The fourth-order valence-electron chi connectivity index (χ4n) is 5.41. The maximum Gasteiger partial charge on any atom is 0.223 e. The van der Waals surface area contributed by atoms with Gasteiger partial charge in [-0.3, -0.25) is 4.90 Å². The molecule has 1 aliphatic heterocycles. The van der Waals surface area contributed by atoms with Gasteiger partial charge in [-0.05, 0) is 81.5 Å². The molecule has 4 aromatic rings. The SMILES string of the molecule is CCCN(Cc1cccc(F)c1)CC1CCc2nc(-c3ccc(F)cc3)c(-c3ccnc(NCCN(C)C)n3)n21. The van der Waals surface area contributed by atoms with Crippen molar-refractivity contribution in [1.29, 1.82) is 0 Å². The number of rotatable bonds is 12. The van der Waals surface area contributed by atoms with Crippen LogP contribution >= 0.6 is 0 Å². The summed E-state index contributed by atoms with van der Waals surface area (Å²) in [7, 11) is 4.06. The lowest BCUT2D eigenvalue weighted by Crippen LogP contribution is -2.30. The van der Waals surface area contributed by atoms with E-state index in [0.29, 0.717) is 12.5 Å². The highest BCUT2D eigenvalue weighted by atomic mass is 19.1. The van der Waals surface area contributed by atoms with Gasteiger partial charge >= 0.3 is 0 Å². The fourth-order valence-corrected chi connectivity index (χ4v) is 5.41. The average Bonchev–Trinajstić information content (AvgIpc) is 3.49. The highest BCUT2D eigenvalue weighted by Gasteiger charge is 2.32. The van der Waals surface area contributed by atoms with Crippen LogP contribution in [0.2, 0.25) is 0 Å². The van der Waals surface area contributed by atoms with Crippen molar-refractivity contribution in [1.82, 2.24) is 29.3 Å². The molecule has 0 radical (unpaired) electrons. The molecule has 0 saturated heterocycles. The van der Waals surface area contributed by atoms with E-state index < -0.39 is 0 Å². The van der Waals surface area contributed by atoms with Crippen LogP contribution in [0, 0.1) is 11.6 Å². The third-order valence-electron chi connectivity index (χ3n) is 7.21. The van der Waals surface area contributed by atoms with Crippen molar-refractivity contribution in [2.75, 3.05) is 45.6 Å². The number of halogens is 2. The van der Waals surface area contributed by atoms with Crippen LogP contribution in [0.25, 0.3) is 22.6 Å². The number of nitrogens with one attached hydrogen (secondary N) is 1.